The van der Waals surface area contributed by atoms with E-state index in [2.05, 4.69) is 13.8 Å². The lowest BCUT2D eigenvalue weighted by atomic mass is 10.1. The van der Waals surface area contributed by atoms with Crippen molar-refractivity contribution in [1.29, 1.82) is 0 Å². The van der Waals surface area contributed by atoms with E-state index in [9.17, 15) is 0 Å². The molecule has 1 atom stereocenters. The molecule has 0 saturated carbocycles. The van der Waals surface area contributed by atoms with Gasteiger partial charge in [0.25, 0.3) is 0 Å². The van der Waals surface area contributed by atoms with Gasteiger partial charge in [0.2, 0.25) is 0 Å². The molecular formula is C9H21NOS. The predicted octanol–water partition coefficient (Wildman–Crippen LogP) is 1.48. The van der Waals surface area contributed by atoms with Crippen LogP contribution >= 0.6 is 11.8 Å². The molecule has 0 radical (unpaired) electrons. The van der Waals surface area contributed by atoms with Crippen molar-refractivity contribution in [2.45, 2.75) is 32.7 Å². The van der Waals surface area contributed by atoms with Crippen LogP contribution in [0.3, 0.4) is 0 Å². The van der Waals surface area contributed by atoms with Gasteiger partial charge in [0.1, 0.15) is 0 Å². The molecule has 0 aromatic carbocycles. The monoisotopic (exact) mass is 191 g/mol. The minimum Gasteiger partial charge on any atom is -0.394 e. The Balaban J connectivity index is 3.31. The van der Waals surface area contributed by atoms with Crippen molar-refractivity contribution in [2.24, 2.45) is 11.7 Å². The van der Waals surface area contributed by atoms with Gasteiger partial charge in [0, 0.05) is 11.3 Å². The highest BCUT2D eigenvalue weighted by atomic mass is 32.2. The van der Waals surface area contributed by atoms with Gasteiger partial charge >= 0.3 is 0 Å². The van der Waals surface area contributed by atoms with E-state index in [1.807, 2.05) is 18.7 Å². The third kappa shape index (κ3) is 6.95. The van der Waals surface area contributed by atoms with Gasteiger partial charge in [0.05, 0.1) is 6.61 Å². The number of aliphatic hydroxyl groups is 1. The molecule has 0 spiro atoms. The van der Waals surface area contributed by atoms with Crippen LogP contribution in [0, 0.1) is 5.92 Å². The van der Waals surface area contributed by atoms with Gasteiger partial charge < -0.3 is 10.8 Å². The third-order valence-electron chi connectivity index (χ3n) is 1.63. The molecule has 2 nitrogen and oxygen atoms in total. The molecule has 3 heteroatoms. The van der Waals surface area contributed by atoms with E-state index in [1.54, 1.807) is 0 Å². The Labute approximate surface area is 79.9 Å². The van der Waals surface area contributed by atoms with Crippen LogP contribution in [-0.2, 0) is 0 Å². The van der Waals surface area contributed by atoms with Crippen molar-refractivity contribution < 1.29 is 5.11 Å². The van der Waals surface area contributed by atoms with Gasteiger partial charge in [0.15, 0.2) is 0 Å². The predicted molar refractivity (Wildman–Crippen MR) is 56.5 cm³/mol. The maximum Gasteiger partial charge on any atom is 0.0616 e. The summed E-state index contributed by atoms with van der Waals surface area (Å²) in [6, 6.07) is 0. The Kier molecular flexibility index (Phi) is 5.97. The fourth-order valence-electron chi connectivity index (χ4n) is 0.670. The first-order valence-electron chi connectivity index (χ1n) is 4.45. The lowest BCUT2D eigenvalue weighted by Crippen LogP contribution is -2.42. The van der Waals surface area contributed by atoms with Gasteiger partial charge in [-0.15, -0.1) is 0 Å². The van der Waals surface area contributed by atoms with Crippen molar-refractivity contribution in [3.8, 4) is 0 Å². The molecule has 0 fully saturated rings. The van der Waals surface area contributed by atoms with E-state index in [0.29, 0.717) is 0 Å². The van der Waals surface area contributed by atoms with Crippen molar-refractivity contribution in [3.63, 3.8) is 0 Å². The maximum atomic E-state index is 8.86. The summed E-state index contributed by atoms with van der Waals surface area (Å²) in [5.41, 5.74) is 5.36. The van der Waals surface area contributed by atoms with E-state index >= 15 is 0 Å². The van der Waals surface area contributed by atoms with Crippen LogP contribution in [0.15, 0.2) is 0 Å². The molecule has 3 N–H and O–H groups in total. The second kappa shape index (κ2) is 5.84. The Bertz CT molecular complexity index is 115. The number of hydrogen-bond donors (Lipinski definition) is 2. The summed E-state index contributed by atoms with van der Waals surface area (Å²) in [6.07, 6.45) is 1.23. The van der Waals surface area contributed by atoms with E-state index in [0.717, 1.165) is 17.4 Å². The summed E-state index contributed by atoms with van der Waals surface area (Å²) in [4.78, 5) is 0. The number of rotatable bonds is 6. The van der Waals surface area contributed by atoms with Crippen molar-refractivity contribution in [3.05, 3.63) is 0 Å². The van der Waals surface area contributed by atoms with Crippen molar-refractivity contribution >= 4 is 11.8 Å². The van der Waals surface area contributed by atoms with Gasteiger partial charge in [-0.05, 0) is 25.0 Å². The summed E-state index contributed by atoms with van der Waals surface area (Å²) in [7, 11) is 0. The largest absolute Gasteiger partial charge is 0.394 e. The Morgan fingerprint density at radius 1 is 1.50 bits per heavy atom. The Hall–Kier alpha value is 0.270. The zero-order valence-electron chi connectivity index (χ0n) is 8.34. The lowest BCUT2D eigenvalue weighted by molar-refractivity contribution is 0.224. The summed E-state index contributed by atoms with van der Waals surface area (Å²) in [5.74, 6) is 2.75. The van der Waals surface area contributed by atoms with Gasteiger partial charge in [-0.2, -0.15) is 11.8 Å². The van der Waals surface area contributed by atoms with Crippen LogP contribution in [0.4, 0.5) is 0 Å². The molecule has 12 heavy (non-hydrogen) atoms. The van der Waals surface area contributed by atoms with Crippen LogP contribution in [0.1, 0.15) is 27.2 Å². The van der Waals surface area contributed by atoms with Gasteiger partial charge in [-0.3, -0.25) is 0 Å². The normalized spacial score (nSPS) is 16.5. The maximum absolute atomic E-state index is 8.86. The molecule has 1 unspecified atom stereocenters. The summed E-state index contributed by atoms with van der Waals surface area (Å²) in [6.45, 7) is 6.39. The smallest absolute Gasteiger partial charge is 0.0616 e. The molecule has 74 valence electrons. The first-order chi connectivity index (χ1) is 5.48. The highest BCUT2D eigenvalue weighted by Gasteiger charge is 2.16. The van der Waals surface area contributed by atoms with Crippen LogP contribution in [0.5, 0.6) is 0 Å². The summed E-state index contributed by atoms with van der Waals surface area (Å²) in [5, 5.41) is 8.86. The van der Waals surface area contributed by atoms with Crippen LogP contribution < -0.4 is 5.73 Å². The zero-order valence-corrected chi connectivity index (χ0v) is 9.16. The SMILES string of the molecule is CC(C)CCSCC(C)(N)CO. The third-order valence-corrected chi connectivity index (χ3v) is 3.02. The number of thioether (sulfide) groups is 1. The molecule has 0 aromatic rings. The second-order valence-corrected chi connectivity index (χ2v) is 5.15. The minimum absolute atomic E-state index is 0.0711. The molecular weight excluding hydrogens is 170 g/mol. The van der Waals surface area contributed by atoms with Gasteiger partial charge in [-0.25, -0.2) is 0 Å². The molecule has 0 aliphatic carbocycles. The highest BCUT2D eigenvalue weighted by molar-refractivity contribution is 7.99. The van der Waals surface area contributed by atoms with E-state index in [4.69, 9.17) is 10.8 Å². The quantitative estimate of drug-likeness (QED) is 0.625. The fourth-order valence-corrected chi connectivity index (χ4v) is 2.01. The highest BCUT2D eigenvalue weighted by Crippen LogP contribution is 2.13. The fraction of sp³-hybridized carbons (Fsp3) is 1.00. The Morgan fingerprint density at radius 3 is 2.50 bits per heavy atom. The average molecular weight is 191 g/mol. The molecule has 0 amide bonds. The molecule has 0 aromatic heterocycles. The lowest BCUT2D eigenvalue weighted by Gasteiger charge is -2.20. The number of hydrogen-bond acceptors (Lipinski definition) is 3. The summed E-state index contributed by atoms with van der Waals surface area (Å²) >= 11 is 1.83. The van der Waals surface area contributed by atoms with Gasteiger partial charge in [-0.1, -0.05) is 13.8 Å². The molecule has 0 bridgehead atoms. The van der Waals surface area contributed by atoms with Crippen molar-refractivity contribution in [1.82, 2.24) is 0 Å². The zero-order chi connectivity index (χ0) is 9.61. The standard InChI is InChI=1S/C9H21NOS/c1-8(2)4-5-12-7-9(3,10)6-11/h8,11H,4-7,10H2,1-3H3. The minimum atomic E-state index is -0.401. The molecule has 0 rings (SSSR count). The first kappa shape index (κ1) is 12.3. The van der Waals surface area contributed by atoms with E-state index in [1.165, 1.54) is 6.42 Å². The number of aliphatic hydroxyl groups excluding tert-OH is 1. The summed E-state index contributed by atoms with van der Waals surface area (Å²) < 4.78 is 0. The van der Waals surface area contributed by atoms with Crippen molar-refractivity contribution in [2.75, 3.05) is 18.1 Å². The molecule has 0 heterocycles. The van der Waals surface area contributed by atoms with Crippen LogP contribution in [0.2, 0.25) is 0 Å². The molecule has 0 saturated heterocycles. The Morgan fingerprint density at radius 2 is 2.08 bits per heavy atom. The topological polar surface area (TPSA) is 46.2 Å². The van der Waals surface area contributed by atoms with E-state index in [-0.39, 0.29) is 6.61 Å². The molecule has 0 aliphatic rings. The second-order valence-electron chi connectivity index (χ2n) is 4.05. The molecule has 0 aliphatic heterocycles. The first-order valence-corrected chi connectivity index (χ1v) is 5.61. The average Bonchev–Trinajstić information content (AvgIpc) is 1.98. The number of nitrogens with two attached hydrogens (primary N) is 1. The van der Waals surface area contributed by atoms with Crippen LogP contribution in [-0.4, -0.2) is 28.8 Å². The van der Waals surface area contributed by atoms with Crippen LogP contribution in [0.25, 0.3) is 0 Å². The van der Waals surface area contributed by atoms with E-state index < -0.39 is 5.54 Å².